The number of hydrogen-bond acceptors (Lipinski definition) is 1. The number of fused-ring (bicyclic) bond motifs is 1. The van der Waals surface area contributed by atoms with Crippen LogP contribution in [0, 0.1) is 0 Å². The third-order valence-corrected chi connectivity index (χ3v) is 2.44. The molecule has 0 aliphatic heterocycles. The summed E-state index contributed by atoms with van der Waals surface area (Å²) in [6.07, 6.45) is 3.36. The molecule has 0 bridgehead atoms. The fourth-order valence-electron chi connectivity index (χ4n) is 1.84. The van der Waals surface area contributed by atoms with E-state index < -0.39 is 6.43 Å². The highest BCUT2D eigenvalue weighted by Crippen LogP contribution is 2.20. The quantitative estimate of drug-likeness (QED) is 0.691. The highest BCUT2D eigenvalue weighted by Gasteiger charge is 2.16. The molecule has 0 saturated carbocycles. The van der Waals surface area contributed by atoms with Crippen molar-refractivity contribution in [2.75, 3.05) is 0 Å². The van der Waals surface area contributed by atoms with Gasteiger partial charge in [-0.2, -0.15) is 0 Å². The fourth-order valence-corrected chi connectivity index (χ4v) is 1.84. The number of imidazole rings is 1. The molecule has 1 aliphatic rings. The van der Waals surface area contributed by atoms with E-state index in [1.807, 2.05) is 0 Å². The van der Waals surface area contributed by atoms with Gasteiger partial charge in [-0.25, -0.2) is 13.8 Å². The lowest BCUT2D eigenvalue weighted by Gasteiger charge is -2.13. The van der Waals surface area contributed by atoms with E-state index in [1.165, 1.54) is 0 Å². The molecule has 0 aromatic carbocycles. The van der Waals surface area contributed by atoms with Gasteiger partial charge in [0.2, 0.25) is 0 Å². The number of aromatic nitrogens is 2. The Bertz CT molecular complexity index is 294. The van der Waals surface area contributed by atoms with Gasteiger partial charge in [0.25, 0.3) is 6.43 Å². The summed E-state index contributed by atoms with van der Waals surface area (Å²) in [6, 6.07) is 0. The first-order valence-electron chi connectivity index (χ1n) is 4.58. The Morgan fingerprint density at radius 3 is 2.92 bits per heavy atom. The Balaban J connectivity index is 2.21. The SMILES string of the molecule is FC(F)Cn1cnc2c1CCCC2. The van der Waals surface area contributed by atoms with Gasteiger partial charge in [-0.05, 0) is 25.7 Å². The standard InChI is InChI=1S/C9H12F2N2/c10-9(11)5-13-6-12-7-3-1-2-4-8(7)13/h6,9H,1-5H2. The molecule has 0 fully saturated rings. The smallest absolute Gasteiger partial charge is 0.256 e. The van der Waals surface area contributed by atoms with E-state index in [9.17, 15) is 8.78 Å². The molecule has 4 heteroatoms. The Morgan fingerprint density at radius 1 is 1.38 bits per heavy atom. The predicted octanol–water partition coefficient (Wildman–Crippen LogP) is 2.03. The van der Waals surface area contributed by atoms with E-state index in [-0.39, 0.29) is 6.54 Å². The van der Waals surface area contributed by atoms with Gasteiger partial charge in [0.05, 0.1) is 18.6 Å². The maximum atomic E-state index is 12.1. The molecular formula is C9H12F2N2. The molecule has 1 aromatic heterocycles. The van der Waals surface area contributed by atoms with Crippen molar-refractivity contribution in [3.05, 3.63) is 17.7 Å². The molecule has 72 valence electrons. The minimum absolute atomic E-state index is 0.206. The topological polar surface area (TPSA) is 17.8 Å². The van der Waals surface area contributed by atoms with E-state index in [1.54, 1.807) is 10.9 Å². The van der Waals surface area contributed by atoms with Crippen molar-refractivity contribution in [3.63, 3.8) is 0 Å². The summed E-state index contributed by atoms with van der Waals surface area (Å²) in [5.74, 6) is 0. The van der Waals surface area contributed by atoms with Gasteiger partial charge in [0.1, 0.15) is 0 Å². The van der Waals surface area contributed by atoms with Crippen molar-refractivity contribution in [2.24, 2.45) is 0 Å². The molecule has 0 atom stereocenters. The Morgan fingerprint density at radius 2 is 2.15 bits per heavy atom. The van der Waals surface area contributed by atoms with Crippen LogP contribution in [-0.4, -0.2) is 16.0 Å². The third-order valence-electron chi connectivity index (χ3n) is 2.44. The van der Waals surface area contributed by atoms with Crippen molar-refractivity contribution in [1.29, 1.82) is 0 Å². The average molecular weight is 186 g/mol. The van der Waals surface area contributed by atoms with Crippen LogP contribution >= 0.6 is 0 Å². The monoisotopic (exact) mass is 186 g/mol. The summed E-state index contributed by atoms with van der Waals surface area (Å²) in [4.78, 5) is 4.14. The van der Waals surface area contributed by atoms with Crippen LogP contribution < -0.4 is 0 Å². The van der Waals surface area contributed by atoms with Gasteiger partial charge in [0, 0.05) is 5.69 Å². The van der Waals surface area contributed by atoms with Gasteiger partial charge in [-0.15, -0.1) is 0 Å². The first kappa shape index (κ1) is 8.66. The second kappa shape index (κ2) is 3.44. The van der Waals surface area contributed by atoms with Crippen molar-refractivity contribution >= 4 is 0 Å². The fraction of sp³-hybridized carbons (Fsp3) is 0.667. The van der Waals surface area contributed by atoms with Crippen molar-refractivity contribution in [1.82, 2.24) is 9.55 Å². The first-order chi connectivity index (χ1) is 6.27. The first-order valence-corrected chi connectivity index (χ1v) is 4.58. The molecule has 0 unspecified atom stereocenters. The highest BCUT2D eigenvalue weighted by atomic mass is 19.3. The van der Waals surface area contributed by atoms with Crippen LogP contribution in [0.5, 0.6) is 0 Å². The number of rotatable bonds is 2. The third kappa shape index (κ3) is 1.71. The lowest BCUT2D eigenvalue weighted by atomic mass is 10.0. The molecule has 1 aliphatic carbocycles. The highest BCUT2D eigenvalue weighted by molar-refractivity contribution is 5.16. The van der Waals surface area contributed by atoms with Gasteiger partial charge < -0.3 is 4.57 Å². The normalized spacial score (nSPS) is 16.2. The number of alkyl halides is 2. The molecule has 2 nitrogen and oxygen atoms in total. The Hall–Kier alpha value is -0.930. The van der Waals surface area contributed by atoms with Gasteiger partial charge in [0.15, 0.2) is 0 Å². The van der Waals surface area contributed by atoms with Crippen LogP contribution in [0.1, 0.15) is 24.2 Å². The maximum Gasteiger partial charge on any atom is 0.256 e. The molecule has 0 saturated heterocycles. The number of aryl methyl sites for hydroxylation is 1. The van der Waals surface area contributed by atoms with Crippen LogP contribution in [0.2, 0.25) is 0 Å². The van der Waals surface area contributed by atoms with Crippen LogP contribution in [0.4, 0.5) is 8.78 Å². The van der Waals surface area contributed by atoms with E-state index in [4.69, 9.17) is 0 Å². The van der Waals surface area contributed by atoms with Crippen molar-refractivity contribution in [3.8, 4) is 0 Å². The zero-order valence-corrected chi connectivity index (χ0v) is 7.34. The lowest BCUT2D eigenvalue weighted by molar-refractivity contribution is 0.125. The van der Waals surface area contributed by atoms with Gasteiger partial charge >= 0.3 is 0 Å². The second-order valence-corrected chi connectivity index (χ2v) is 3.39. The number of halogens is 2. The second-order valence-electron chi connectivity index (χ2n) is 3.39. The summed E-state index contributed by atoms with van der Waals surface area (Å²) in [6.45, 7) is -0.206. The summed E-state index contributed by atoms with van der Waals surface area (Å²) in [7, 11) is 0. The summed E-state index contributed by atoms with van der Waals surface area (Å²) in [5, 5.41) is 0. The largest absolute Gasteiger partial charge is 0.329 e. The van der Waals surface area contributed by atoms with Crippen LogP contribution in [0.15, 0.2) is 6.33 Å². The molecule has 1 heterocycles. The summed E-state index contributed by atoms with van der Waals surface area (Å²) in [5.41, 5.74) is 2.04. The summed E-state index contributed by atoms with van der Waals surface area (Å²) < 4.78 is 25.8. The molecule has 2 rings (SSSR count). The molecule has 13 heavy (non-hydrogen) atoms. The van der Waals surface area contributed by atoms with Crippen LogP contribution in [0.3, 0.4) is 0 Å². The minimum Gasteiger partial charge on any atom is -0.329 e. The van der Waals surface area contributed by atoms with E-state index in [0.29, 0.717) is 0 Å². The molecular weight excluding hydrogens is 174 g/mol. The zero-order chi connectivity index (χ0) is 9.26. The van der Waals surface area contributed by atoms with E-state index in [2.05, 4.69) is 4.98 Å². The molecule has 0 N–H and O–H groups in total. The lowest BCUT2D eigenvalue weighted by Crippen LogP contribution is -2.12. The maximum absolute atomic E-state index is 12.1. The van der Waals surface area contributed by atoms with E-state index >= 15 is 0 Å². The molecule has 0 spiro atoms. The number of nitrogens with zero attached hydrogens (tertiary/aromatic N) is 2. The van der Waals surface area contributed by atoms with E-state index in [0.717, 1.165) is 37.1 Å². The predicted molar refractivity (Wildman–Crippen MR) is 44.9 cm³/mol. The van der Waals surface area contributed by atoms with Gasteiger partial charge in [-0.1, -0.05) is 0 Å². The van der Waals surface area contributed by atoms with Crippen molar-refractivity contribution < 1.29 is 8.78 Å². The Labute approximate surface area is 75.6 Å². The van der Waals surface area contributed by atoms with Crippen LogP contribution in [-0.2, 0) is 19.4 Å². The zero-order valence-electron chi connectivity index (χ0n) is 7.34. The van der Waals surface area contributed by atoms with Crippen LogP contribution in [0.25, 0.3) is 0 Å². The Kier molecular flexibility index (Phi) is 2.29. The number of hydrogen-bond donors (Lipinski definition) is 0. The molecule has 0 amide bonds. The molecule has 1 aromatic rings. The average Bonchev–Trinajstić information content (AvgIpc) is 2.48. The minimum atomic E-state index is -2.28. The molecule has 0 radical (unpaired) electrons. The van der Waals surface area contributed by atoms with Crippen molar-refractivity contribution in [2.45, 2.75) is 38.7 Å². The van der Waals surface area contributed by atoms with Gasteiger partial charge in [-0.3, -0.25) is 0 Å². The summed E-state index contributed by atoms with van der Waals surface area (Å²) >= 11 is 0.